The lowest BCUT2D eigenvalue weighted by molar-refractivity contribution is -0.138. The second-order valence-corrected chi connectivity index (χ2v) is 7.48. The van der Waals surface area contributed by atoms with Crippen LogP contribution in [0.25, 0.3) is 11.4 Å². The van der Waals surface area contributed by atoms with Crippen molar-refractivity contribution in [3.63, 3.8) is 0 Å². The Balaban J connectivity index is 1.48. The maximum absolute atomic E-state index is 12.9. The van der Waals surface area contributed by atoms with E-state index in [1.165, 1.54) is 6.20 Å². The average molecular weight is 435 g/mol. The number of piperidine rings is 1. The van der Waals surface area contributed by atoms with Crippen LogP contribution in [0.1, 0.15) is 48.5 Å². The van der Waals surface area contributed by atoms with Gasteiger partial charge in [-0.3, -0.25) is 14.6 Å². The molecule has 1 aromatic carbocycles. The molecule has 1 N–H and O–H groups in total. The lowest BCUT2D eigenvalue weighted by atomic mass is 10.0. The molecule has 9 nitrogen and oxygen atoms in total. The van der Waals surface area contributed by atoms with Gasteiger partial charge in [-0.1, -0.05) is 23.4 Å². The first-order chi connectivity index (χ1) is 15.7. The molecule has 3 heterocycles. The van der Waals surface area contributed by atoms with E-state index < -0.39 is 0 Å². The lowest BCUT2D eigenvalue weighted by Gasteiger charge is -2.33. The van der Waals surface area contributed by atoms with Crippen LogP contribution in [0.3, 0.4) is 0 Å². The number of rotatable bonds is 7. The molecule has 9 heteroatoms. The summed E-state index contributed by atoms with van der Waals surface area (Å²) >= 11 is 0. The first kappa shape index (κ1) is 21.5. The standard InChI is InChI=1S/C23H25N5O4/c1-2-25-22(30)17-12-16(13-24-14-17)21-26-23(32-27-21)19-10-6-7-11-28(19)20(29)15-31-18-8-4-3-5-9-18/h3-5,8-9,12-14,19H,2,6-7,10-11,15H2,1H3,(H,25,30)/t19-/m1/s1. The van der Waals surface area contributed by atoms with Crippen LogP contribution < -0.4 is 10.1 Å². The first-order valence-corrected chi connectivity index (χ1v) is 10.7. The van der Waals surface area contributed by atoms with Crippen LogP contribution in [0.2, 0.25) is 0 Å². The summed E-state index contributed by atoms with van der Waals surface area (Å²) in [7, 11) is 0. The Labute approximate surface area is 185 Å². The number of nitrogens with zero attached hydrogens (tertiary/aromatic N) is 4. The van der Waals surface area contributed by atoms with E-state index in [4.69, 9.17) is 9.26 Å². The summed E-state index contributed by atoms with van der Waals surface area (Å²) in [5.41, 5.74) is 0.994. The van der Waals surface area contributed by atoms with E-state index >= 15 is 0 Å². The molecule has 0 unspecified atom stereocenters. The molecule has 2 aromatic heterocycles. The van der Waals surface area contributed by atoms with Crippen LogP contribution in [0.4, 0.5) is 0 Å². The predicted octanol–water partition coefficient (Wildman–Crippen LogP) is 3.01. The van der Waals surface area contributed by atoms with Crippen molar-refractivity contribution in [3.8, 4) is 17.1 Å². The number of benzene rings is 1. The third-order valence-electron chi connectivity index (χ3n) is 5.25. The van der Waals surface area contributed by atoms with Gasteiger partial charge in [0.2, 0.25) is 11.7 Å². The van der Waals surface area contributed by atoms with E-state index in [9.17, 15) is 9.59 Å². The highest BCUT2D eigenvalue weighted by molar-refractivity contribution is 5.94. The third kappa shape index (κ3) is 4.93. The molecule has 166 valence electrons. The normalized spacial score (nSPS) is 15.9. The summed E-state index contributed by atoms with van der Waals surface area (Å²) in [6.07, 6.45) is 5.67. The molecule has 0 saturated carbocycles. The van der Waals surface area contributed by atoms with Gasteiger partial charge in [-0.2, -0.15) is 4.98 Å². The second-order valence-electron chi connectivity index (χ2n) is 7.48. The van der Waals surface area contributed by atoms with Crippen molar-refractivity contribution in [1.82, 2.24) is 25.3 Å². The molecule has 1 atom stereocenters. The van der Waals surface area contributed by atoms with Gasteiger partial charge in [-0.05, 0) is 44.4 Å². The number of amides is 2. The van der Waals surface area contributed by atoms with Gasteiger partial charge in [0.05, 0.1) is 5.56 Å². The van der Waals surface area contributed by atoms with Crippen molar-refractivity contribution in [3.05, 3.63) is 60.2 Å². The lowest BCUT2D eigenvalue weighted by Crippen LogP contribution is -2.41. The molecule has 1 aliphatic rings. The van der Waals surface area contributed by atoms with Crippen molar-refractivity contribution < 1.29 is 18.8 Å². The molecule has 0 radical (unpaired) electrons. The van der Waals surface area contributed by atoms with Crippen molar-refractivity contribution in [2.75, 3.05) is 19.7 Å². The van der Waals surface area contributed by atoms with E-state index in [0.29, 0.717) is 41.7 Å². The third-order valence-corrected chi connectivity index (χ3v) is 5.25. The van der Waals surface area contributed by atoms with Crippen molar-refractivity contribution >= 4 is 11.8 Å². The number of nitrogens with one attached hydrogen (secondary N) is 1. The predicted molar refractivity (Wildman–Crippen MR) is 116 cm³/mol. The fourth-order valence-electron chi connectivity index (χ4n) is 3.67. The number of hydrogen-bond donors (Lipinski definition) is 1. The smallest absolute Gasteiger partial charge is 0.261 e. The van der Waals surface area contributed by atoms with E-state index in [1.54, 1.807) is 17.2 Å². The molecule has 2 amide bonds. The zero-order valence-electron chi connectivity index (χ0n) is 17.9. The first-order valence-electron chi connectivity index (χ1n) is 10.7. The number of likely N-dealkylation sites (tertiary alicyclic amines) is 1. The SMILES string of the molecule is CCNC(=O)c1cncc(-c2noc([C@H]3CCCCN3C(=O)COc3ccccc3)n2)c1. The summed E-state index contributed by atoms with van der Waals surface area (Å²) in [6.45, 7) is 2.92. The number of ether oxygens (including phenoxy) is 1. The van der Waals surface area contributed by atoms with Crippen LogP contribution in [0.5, 0.6) is 5.75 Å². The molecule has 3 aromatic rings. The zero-order chi connectivity index (χ0) is 22.3. The van der Waals surface area contributed by atoms with Gasteiger partial charge in [-0.15, -0.1) is 0 Å². The quantitative estimate of drug-likeness (QED) is 0.607. The van der Waals surface area contributed by atoms with Crippen molar-refractivity contribution in [2.45, 2.75) is 32.2 Å². The number of para-hydroxylation sites is 1. The molecule has 1 saturated heterocycles. The molecule has 0 spiro atoms. The van der Waals surface area contributed by atoms with E-state index in [2.05, 4.69) is 20.4 Å². The molecule has 4 rings (SSSR count). The molecule has 1 fully saturated rings. The molecule has 0 aliphatic carbocycles. The number of hydrogen-bond acceptors (Lipinski definition) is 7. The van der Waals surface area contributed by atoms with Gasteiger partial charge in [-0.25, -0.2) is 0 Å². The summed E-state index contributed by atoms with van der Waals surface area (Å²) in [6, 6.07) is 10.6. The van der Waals surface area contributed by atoms with Gasteiger partial charge in [0.1, 0.15) is 11.8 Å². The van der Waals surface area contributed by atoms with Gasteiger partial charge < -0.3 is 19.5 Å². The monoisotopic (exact) mass is 435 g/mol. The Bertz CT molecular complexity index is 1070. The maximum atomic E-state index is 12.9. The highest BCUT2D eigenvalue weighted by Gasteiger charge is 2.32. The maximum Gasteiger partial charge on any atom is 0.261 e. The Kier molecular flexibility index (Phi) is 6.74. The highest BCUT2D eigenvalue weighted by Crippen LogP contribution is 2.31. The number of carbonyl (C=O) groups excluding carboxylic acids is 2. The summed E-state index contributed by atoms with van der Waals surface area (Å²) < 4.78 is 11.2. The summed E-state index contributed by atoms with van der Waals surface area (Å²) in [5.74, 6) is 1.01. The Morgan fingerprint density at radius 2 is 2.06 bits per heavy atom. The highest BCUT2D eigenvalue weighted by atomic mass is 16.5. The Hall–Kier alpha value is -3.75. The fourth-order valence-corrected chi connectivity index (χ4v) is 3.67. The van der Waals surface area contributed by atoms with Crippen LogP contribution in [0.15, 0.2) is 53.3 Å². The number of carbonyl (C=O) groups is 2. The minimum absolute atomic E-state index is 0.0555. The van der Waals surface area contributed by atoms with Crippen LogP contribution in [-0.4, -0.2) is 51.5 Å². The summed E-state index contributed by atoms with van der Waals surface area (Å²) in [4.78, 5) is 35.3. The van der Waals surface area contributed by atoms with Crippen LogP contribution in [-0.2, 0) is 4.79 Å². The average Bonchev–Trinajstić information content (AvgIpc) is 3.34. The Morgan fingerprint density at radius 1 is 1.22 bits per heavy atom. The van der Waals surface area contributed by atoms with E-state index in [1.807, 2.05) is 37.3 Å². The topological polar surface area (TPSA) is 110 Å². The zero-order valence-corrected chi connectivity index (χ0v) is 17.9. The van der Waals surface area contributed by atoms with Gasteiger partial charge in [0, 0.05) is 31.0 Å². The molecular formula is C23H25N5O4. The molecule has 32 heavy (non-hydrogen) atoms. The van der Waals surface area contributed by atoms with Gasteiger partial charge in [0.25, 0.3) is 11.8 Å². The van der Waals surface area contributed by atoms with E-state index in [0.717, 1.165) is 19.3 Å². The minimum Gasteiger partial charge on any atom is -0.484 e. The van der Waals surface area contributed by atoms with Crippen molar-refractivity contribution in [2.24, 2.45) is 0 Å². The number of pyridine rings is 1. The number of aromatic nitrogens is 3. The molecule has 1 aliphatic heterocycles. The minimum atomic E-state index is -0.309. The molecular weight excluding hydrogens is 410 g/mol. The van der Waals surface area contributed by atoms with Crippen LogP contribution >= 0.6 is 0 Å². The fraction of sp³-hybridized carbons (Fsp3) is 0.348. The summed E-state index contributed by atoms with van der Waals surface area (Å²) in [5, 5.41) is 6.81. The Morgan fingerprint density at radius 3 is 2.88 bits per heavy atom. The van der Waals surface area contributed by atoms with E-state index in [-0.39, 0.29) is 24.5 Å². The molecule has 0 bridgehead atoms. The largest absolute Gasteiger partial charge is 0.484 e. The van der Waals surface area contributed by atoms with Crippen molar-refractivity contribution in [1.29, 1.82) is 0 Å². The van der Waals surface area contributed by atoms with Crippen LogP contribution in [0, 0.1) is 0 Å². The van der Waals surface area contributed by atoms with Gasteiger partial charge >= 0.3 is 0 Å². The van der Waals surface area contributed by atoms with Gasteiger partial charge in [0.15, 0.2) is 6.61 Å². The second kappa shape index (κ2) is 10.0.